The van der Waals surface area contributed by atoms with Gasteiger partial charge in [0, 0.05) is 9.79 Å². The molecule has 0 amide bonds. The van der Waals surface area contributed by atoms with Crippen LogP contribution in [0.2, 0.25) is 0 Å². The lowest BCUT2D eigenvalue weighted by atomic mass is 10.4. The maximum atomic E-state index is 9.13. The number of thioether (sulfide) groups is 2. The Labute approximate surface area is 125 Å². The summed E-state index contributed by atoms with van der Waals surface area (Å²) < 4.78 is 0. The Kier molecular flexibility index (Phi) is 5.52. The summed E-state index contributed by atoms with van der Waals surface area (Å²) in [6, 6.07) is 18.9. The first kappa shape index (κ1) is 14.5. The van der Waals surface area contributed by atoms with E-state index in [-0.39, 0.29) is 10.1 Å². The third-order valence-corrected chi connectivity index (χ3v) is 4.36. The summed E-state index contributed by atoms with van der Waals surface area (Å²) in [5.41, 5.74) is 0. The molecule has 2 aromatic carbocycles. The highest BCUT2D eigenvalue weighted by Crippen LogP contribution is 2.27. The fourth-order valence-corrected chi connectivity index (χ4v) is 3.03. The minimum Gasteiger partial charge on any atom is -0.410 e. The Bertz CT molecular complexity index is 546. The largest absolute Gasteiger partial charge is 0.410 e. The highest BCUT2D eigenvalue weighted by molar-refractivity contribution is 8.25. The third kappa shape index (κ3) is 4.04. The minimum absolute atomic E-state index is 0.243. The first-order valence-corrected chi connectivity index (χ1v) is 7.37. The fourth-order valence-electron chi connectivity index (χ4n) is 1.41. The lowest BCUT2D eigenvalue weighted by molar-refractivity contribution is 0.316. The predicted octanol–water partition coefficient (Wildman–Crippen LogP) is 4.15. The van der Waals surface area contributed by atoms with E-state index in [1.54, 1.807) is 0 Å². The molecule has 0 spiro atoms. The van der Waals surface area contributed by atoms with Gasteiger partial charge >= 0.3 is 0 Å². The van der Waals surface area contributed by atoms with Gasteiger partial charge in [-0.25, -0.2) is 0 Å². The lowest BCUT2D eigenvalue weighted by Gasteiger charge is -2.06. The third-order valence-electron chi connectivity index (χ3n) is 2.28. The van der Waals surface area contributed by atoms with Crippen LogP contribution in [-0.2, 0) is 0 Å². The molecule has 2 aromatic rings. The molecule has 0 aliphatic heterocycles. The van der Waals surface area contributed by atoms with Crippen molar-refractivity contribution in [1.82, 2.24) is 0 Å². The van der Waals surface area contributed by atoms with Crippen molar-refractivity contribution in [1.29, 1.82) is 0 Å². The van der Waals surface area contributed by atoms with Crippen molar-refractivity contribution in [3.05, 3.63) is 60.7 Å². The van der Waals surface area contributed by atoms with E-state index >= 15 is 0 Å². The van der Waals surface area contributed by atoms with Gasteiger partial charge in [0.1, 0.15) is 0 Å². The van der Waals surface area contributed by atoms with Crippen molar-refractivity contribution >= 4 is 33.6 Å². The second-order valence-electron chi connectivity index (χ2n) is 3.64. The molecule has 20 heavy (non-hydrogen) atoms. The number of oxime groups is 2. The fraction of sp³-hybridized carbons (Fsp3) is 0. The summed E-state index contributed by atoms with van der Waals surface area (Å²) in [6.07, 6.45) is 0. The molecule has 0 radical (unpaired) electrons. The van der Waals surface area contributed by atoms with Gasteiger partial charge in [-0.15, -0.1) is 0 Å². The van der Waals surface area contributed by atoms with Crippen LogP contribution in [0.1, 0.15) is 0 Å². The predicted molar refractivity (Wildman–Crippen MR) is 83.0 cm³/mol. The van der Waals surface area contributed by atoms with Crippen molar-refractivity contribution < 1.29 is 10.4 Å². The van der Waals surface area contributed by atoms with Gasteiger partial charge in [-0.3, -0.25) is 0 Å². The molecule has 0 fully saturated rings. The number of benzene rings is 2. The van der Waals surface area contributed by atoms with E-state index in [4.69, 9.17) is 10.4 Å². The van der Waals surface area contributed by atoms with E-state index in [0.29, 0.717) is 0 Å². The zero-order valence-corrected chi connectivity index (χ0v) is 12.0. The van der Waals surface area contributed by atoms with Gasteiger partial charge in [-0.1, -0.05) is 70.2 Å². The van der Waals surface area contributed by atoms with Crippen molar-refractivity contribution in [3.63, 3.8) is 0 Å². The van der Waals surface area contributed by atoms with Crippen LogP contribution in [0.3, 0.4) is 0 Å². The Balaban J connectivity index is 2.13. The molecular weight excluding hydrogens is 292 g/mol. The zero-order chi connectivity index (χ0) is 14.2. The van der Waals surface area contributed by atoms with Gasteiger partial charge in [0.25, 0.3) is 0 Å². The maximum Gasteiger partial charge on any atom is 0.176 e. The van der Waals surface area contributed by atoms with Crippen molar-refractivity contribution in [2.45, 2.75) is 9.79 Å². The van der Waals surface area contributed by atoms with E-state index in [0.717, 1.165) is 9.79 Å². The molecule has 2 N–H and O–H groups in total. The molecule has 0 bridgehead atoms. The number of hydrogen-bond acceptors (Lipinski definition) is 6. The normalized spacial score (nSPS) is 12.4. The van der Waals surface area contributed by atoms with Crippen molar-refractivity contribution in [2.75, 3.05) is 0 Å². The van der Waals surface area contributed by atoms with Gasteiger partial charge in [0.05, 0.1) is 0 Å². The summed E-state index contributed by atoms with van der Waals surface area (Å²) in [4.78, 5) is 1.80. The maximum absolute atomic E-state index is 9.13. The summed E-state index contributed by atoms with van der Waals surface area (Å²) in [5.74, 6) is 0. The molecule has 0 aliphatic rings. The van der Waals surface area contributed by atoms with Crippen molar-refractivity contribution in [2.24, 2.45) is 10.3 Å². The van der Waals surface area contributed by atoms with Gasteiger partial charge in [0.2, 0.25) is 0 Å². The van der Waals surface area contributed by atoms with Crippen LogP contribution in [0, 0.1) is 0 Å². The molecule has 0 atom stereocenters. The van der Waals surface area contributed by atoms with Gasteiger partial charge in [0.15, 0.2) is 10.1 Å². The van der Waals surface area contributed by atoms with Crippen LogP contribution >= 0.6 is 23.5 Å². The first-order chi connectivity index (χ1) is 9.83. The molecule has 0 aromatic heterocycles. The highest BCUT2D eigenvalue weighted by Gasteiger charge is 2.14. The zero-order valence-electron chi connectivity index (χ0n) is 10.4. The van der Waals surface area contributed by atoms with E-state index in [9.17, 15) is 0 Å². The molecule has 2 rings (SSSR count). The molecule has 0 aliphatic carbocycles. The van der Waals surface area contributed by atoms with Gasteiger partial charge in [-0.05, 0) is 24.3 Å². The smallest absolute Gasteiger partial charge is 0.176 e. The standard InChI is InChI=1S/C14H12N2O2S2/c17-15-13(19-11-7-3-1-4-8-11)14(16-18)20-12-9-5-2-6-10-12/h1-10,17-18H/b15-13-,16-14+. The summed E-state index contributed by atoms with van der Waals surface area (Å²) >= 11 is 2.46. The minimum atomic E-state index is 0.243. The molecule has 0 saturated heterocycles. The van der Waals surface area contributed by atoms with Crippen LogP contribution in [-0.4, -0.2) is 20.5 Å². The lowest BCUT2D eigenvalue weighted by Crippen LogP contribution is -2.06. The molecule has 4 nitrogen and oxygen atoms in total. The molecule has 6 heteroatoms. The Hall–Kier alpha value is -1.92. The van der Waals surface area contributed by atoms with Crippen LogP contribution in [0.25, 0.3) is 0 Å². The summed E-state index contributed by atoms with van der Waals surface area (Å²) in [7, 11) is 0. The van der Waals surface area contributed by atoms with E-state index in [2.05, 4.69) is 10.3 Å². The van der Waals surface area contributed by atoms with Crippen LogP contribution in [0.4, 0.5) is 0 Å². The molecule has 102 valence electrons. The number of rotatable bonds is 2. The molecular formula is C14H12N2O2S2. The Morgan fingerprint density at radius 1 is 0.650 bits per heavy atom. The van der Waals surface area contributed by atoms with Crippen LogP contribution in [0.15, 0.2) is 80.8 Å². The topological polar surface area (TPSA) is 65.2 Å². The van der Waals surface area contributed by atoms with Crippen LogP contribution < -0.4 is 0 Å². The monoisotopic (exact) mass is 304 g/mol. The van der Waals surface area contributed by atoms with E-state index in [1.807, 2.05) is 60.7 Å². The SMILES string of the molecule is O/N=C(Sc1ccccc1)/C(=N\O)Sc1ccccc1. The number of hydrogen-bond donors (Lipinski definition) is 2. The van der Waals surface area contributed by atoms with Gasteiger partial charge in [-0.2, -0.15) is 0 Å². The highest BCUT2D eigenvalue weighted by atomic mass is 32.2. The summed E-state index contributed by atoms with van der Waals surface area (Å²) in [5, 5.41) is 25.2. The van der Waals surface area contributed by atoms with E-state index in [1.165, 1.54) is 23.5 Å². The summed E-state index contributed by atoms with van der Waals surface area (Å²) in [6.45, 7) is 0. The average molecular weight is 304 g/mol. The Morgan fingerprint density at radius 2 is 1.00 bits per heavy atom. The van der Waals surface area contributed by atoms with Crippen molar-refractivity contribution in [3.8, 4) is 0 Å². The number of nitrogens with zero attached hydrogens (tertiary/aromatic N) is 2. The molecule has 0 saturated carbocycles. The average Bonchev–Trinajstić information content (AvgIpc) is 2.52. The Morgan fingerprint density at radius 3 is 1.30 bits per heavy atom. The molecule has 0 unspecified atom stereocenters. The van der Waals surface area contributed by atoms with Crippen LogP contribution in [0.5, 0.6) is 0 Å². The van der Waals surface area contributed by atoms with E-state index < -0.39 is 0 Å². The van der Waals surface area contributed by atoms with Gasteiger partial charge < -0.3 is 10.4 Å². The molecule has 0 heterocycles. The first-order valence-electron chi connectivity index (χ1n) is 5.74. The quantitative estimate of drug-likeness (QED) is 0.288. The second kappa shape index (κ2) is 7.62. The second-order valence-corrected chi connectivity index (χ2v) is 5.76.